The molecule has 1 unspecified atom stereocenters. The molecule has 0 spiro atoms. The van der Waals surface area contributed by atoms with Crippen molar-refractivity contribution in [3.05, 3.63) is 35.9 Å². The van der Waals surface area contributed by atoms with Crippen molar-refractivity contribution in [2.24, 2.45) is 5.92 Å². The van der Waals surface area contributed by atoms with Crippen LogP contribution in [-0.4, -0.2) is 30.3 Å². The molecular formula is C14H19NO3. The van der Waals surface area contributed by atoms with Crippen molar-refractivity contribution in [1.29, 1.82) is 0 Å². The molecule has 1 heterocycles. The summed E-state index contributed by atoms with van der Waals surface area (Å²) >= 11 is 0. The summed E-state index contributed by atoms with van der Waals surface area (Å²) in [7, 11) is 0. The minimum Gasteiger partial charge on any atom is -0.480 e. The van der Waals surface area contributed by atoms with E-state index in [9.17, 15) is 9.90 Å². The van der Waals surface area contributed by atoms with Gasteiger partial charge in [0.2, 0.25) is 0 Å². The van der Waals surface area contributed by atoms with Crippen LogP contribution in [0.2, 0.25) is 0 Å². The van der Waals surface area contributed by atoms with Gasteiger partial charge in [-0.25, -0.2) is 0 Å². The Morgan fingerprint density at radius 1 is 1.33 bits per heavy atom. The molecule has 0 bridgehead atoms. The van der Waals surface area contributed by atoms with Crippen LogP contribution in [0.5, 0.6) is 0 Å². The molecule has 0 saturated carbocycles. The van der Waals surface area contributed by atoms with Gasteiger partial charge in [0.1, 0.15) is 6.04 Å². The summed E-state index contributed by atoms with van der Waals surface area (Å²) in [4.78, 5) is 11.3. The van der Waals surface area contributed by atoms with Crippen molar-refractivity contribution in [1.82, 2.24) is 5.32 Å². The van der Waals surface area contributed by atoms with Crippen LogP contribution in [0.4, 0.5) is 0 Å². The molecule has 98 valence electrons. The number of carboxylic acids is 1. The zero-order valence-corrected chi connectivity index (χ0v) is 10.3. The van der Waals surface area contributed by atoms with Crippen LogP contribution in [0, 0.1) is 5.92 Å². The van der Waals surface area contributed by atoms with Gasteiger partial charge in [0.05, 0.1) is 0 Å². The molecule has 4 heteroatoms. The first-order chi connectivity index (χ1) is 8.77. The Morgan fingerprint density at radius 3 is 2.61 bits per heavy atom. The van der Waals surface area contributed by atoms with Crippen molar-refractivity contribution in [2.45, 2.75) is 25.4 Å². The van der Waals surface area contributed by atoms with Gasteiger partial charge in [0.15, 0.2) is 0 Å². The topological polar surface area (TPSA) is 58.6 Å². The predicted molar refractivity (Wildman–Crippen MR) is 68.2 cm³/mol. The number of aliphatic carboxylic acids is 1. The lowest BCUT2D eigenvalue weighted by Gasteiger charge is -2.28. The smallest absolute Gasteiger partial charge is 0.320 e. The van der Waals surface area contributed by atoms with E-state index >= 15 is 0 Å². The van der Waals surface area contributed by atoms with Gasteiger partial charge in [-0.1, -0.05) is 30.3 Å². The second-order valence-electron chi connectivity index (χ2n) is 4.63. The third-order valence-electron chi connectivity index (χ3n) is 3.37. The van der Waals surface area contributed by atoms with Crippen LogP contribution in [0.25, 0.3) is 0 Å². The maximum atomic E-state index is 11.3. The summed E-state index contributed by atoms with van der Waals surface area (Å²) < 4.78 is 5.27. The number of hydrogen-bond acceptors (Lipinski definition) is 3. The van der Waals surface area contributed by atoms with Crippen molar-refractivity contribution in [3.63, 3.8) is 0 Å². The maximum absolute atomic E-state index is 11.3. The van der Waals surface area contributed by atoms with Crippen molar-refractivity contribution in [3.8, 4) is 0 Å². The Kier molecular flexibility index (Phi) is 4.73. The van der Waals surface area contributed by atoms with E-state index in [0.29, 0.717) is 19.8 Å². The Hall–Kier alpha value is -1.39. The van der Waals surface area contributed by atoms with E-state index < -0.39 is 12.0 Å². The number of rotatable bonds is 5. The Labute approximate surface area is 107 Å². The summed E-state index contributed by atoms with van der Waals surface area (Å²) in [5.74, 6) is -0.599. The van der Waals surface area contributed by atoms with Gasteiger partial charge in [-0.15, -0.1) is 0 Å². The van der Waals surface area contributed by atoms with Gasteiger partial charge >= 0.3 is 5.97 Å². The predicted octanol–water partition coefficient (Wildman–Crippen LogP) is 1.66. The fourth-order valence-corrected chi connectivity index (χ4v) is 2.33. The van der Waals surface area contributed by atoms with Crippen LogP contribution >= 0.6 is 0 Å². The van der Waals surface area contributed by atoms with Gasteiger partial charge in [0.25, 0.3) is 0 Å². The van der Waals surface area contributed by atoms with E-state index in [4.69, 9.17) is 4.74 Å². The van der Waals surface area contributed by atoms with Crippen molar-refractivity contribution in [2.75, 3.05) is 13.2 Å². The van der Waals surface area contributed by atoms with Crippen LogP contribution < -0.4 is 5.32 Å². The van der Waals surface area contributed by atoms with E-state index in [0.717, 1.165) is 18.4 Å². The molecule has 1 aromatic carbocycles. The number of carbonyl (C=O) groups is 1. The molecular weight excluding hydrogens is 230 g/mol. The molecule has 0 aromatic heterocycles. The number of benzene rings is 1. The lowest BCUT2D eigenvalue weighted by atomic mass is 9.91. The first kappa shape index (κ1) is 13.1. The van der Waals surface area contributed by atoms with Crippen LogP contribution in [0.3, 0.4) is 0 Å². The van der Waals surface area contributed by atoms with E-state index in [-0.39, 0.29) is 5.92 Å². The van der Waals surface area contributed by atoms with Gasteiger partial charge in [0, 0.05) is 19.8 Å². The second-order valence-corrected chi connectivity index (χ2v) is 4.63. The number of nitrogens with one attached hydrogen (secondary N) is 1. The monoisotopic (exact) mass is 249 g/mol. The summed E-state index contributed by atoms with van der Waals surface area (Å²) in [5.41, 5.74) is 1.11. The van der Waals surface area contributed by atoms with Crippen molar-refractivity contribution < 1.29 is 14.6 Å². The average Bonchev–Trinajstić information content (AvgIpc) is 2.41. The molecule has 1 saturated heterocycles. The summed E-state index contributed by atoms with van der Waals surface area (Å²) in [6.07, 6.45) is 1.64. The molecule has 1 fully saturated rings. The molecule has 0 radical (unpaired) electrons. The first-order valence-corrected chi connectivity index (χ1v) is 6.35. The molecule has 1 atom stereocenters. The molecule has 1 aromatic rings. The van der Waals surface area contributed by atoms with E-state index in [1.165, 1.54) is 0 Å². The van der Waals surface area contributed by atoms with Gasteiger partial charge in [-0.3, -0.25) is 4.79 Å². The minimum atomic E-state index is -0.766. The molecule has 1 aliphatic rings. The number of hydrogen-bond donors (Lipinski definition) is 2. The average molecular weight is 249 g/mol. The third kappa shape index (κ3) is 3.55. The van der Waals surface area contributed by atoms with E-state index in [2.05, 4.69) is 5.32 Å². The standard InChI is InChI=1S/C14H19NO3/c16-14(17)13(12-6-8-18-9-7-12)15-10-11-4-2-1-3-5-11/h1-5,12-13,15H,6-10H2,(H,16,17). The van der Waals surface area contributed by atoms with Crippen LogP contribution in [0.15, 0.2) is 30.3 Å². The normalized spacial score (nSPS) is 18.4. The largest absolute Gasteiger partial charge is 0.480 e. The molecule has 4 nitrogen and oxygen atoms in total. The maximum Gasteiger partial charge on any atom is 0.320 e. The minimum absolute atomic E-state index is 0.167. The molecule has 1 aliphatic heterocycles. The second kappa shape index (κ2) is 6.52. The molecule has 2 N–H and O–H groups in total. The summed E-state index contributed by atoms with van der Waals surface area (Å²) in [5, 5.41) is 12.5. The molecule has 18 heavy (non-hydrogen) atoms. The van der Waals surface area contributed by atoms with Crippen molar-refractivity contribution >= 4 is 5.97 Å². The van der Waals surface area contributed by atoms with Crippen LogP contribution in [-0.2, 0) is 16.1 Å². The van der Waals surface area contributed by atoms with Gasteiger partial charge in [-0.2, -0.15) is 0 Å². The zero-order valence-electron chi connectivity index (χ0n) is 10.3. The highest BCUT2D eigenvalue weighted by atomic mass is 16.5. The quantitative estimate of drug-likeness (QED) is 0.833. The van der Waals surface area contributed by atoms with Gasteiger partial charge < -0.3 is 15.2 Å². The first-order valence-electron chi connectivity index (χ1n) is 6.35. The fourth-order valence-electron chi connectivity index (χ4n) is 2.33. The van der Waals surface area contributed by atoms with E-state index in [1.54, 1.807) is 0 Å². The Bertz CT molecular complexity index is 374. The number of carboxylic acid groups (broad SMARTS) is 1. The molecule has 2 rings (SSSR count). The molecule has 0 aliphatic carbocycles. The lowest BCUT2D eigenvalue weighted by Crippen LogP contribution is -2.44. The molecule has 0 amide bonds. The lowest BCUT2D eigenvalue weighted by molar-refractivity contribution is -0.142. The highest BCUT2D eigenvalue weighted by Crippen LogP contribution is 2.19. The number of ether oxygens (including phenoxy) is 1. The zero-order chi connectivity index (χ0) is 12.8. The highest BCUT2D eigenvalue weighted by Gasteiger charge is 2.29. The third-order valence-corrected chi connectivity index (χ3v) is 3.37. The van der Waals surface area contributed by atoms with Gasteiger partial charge in [-0.05, 0) is 24.3 Å². The highest BCUT2D eigenvalue weighted by molar-refractivity contribution is 5.73. The Morgan fingerprint density at radius 2 is 2.00 bits per heavy atom. The Balaban J connectivity index is 1.92. The van der Waals surface area contributed by atoms with E-state index in [1.807, 2.05) is 30.3 Å². The summed E-state index contributed by atoms with van der Waals surface area (Å²) in [6, 6.07) is 9.39. The fraction of sp³-hybridized carbons (Fsp3) is 0.500. The van der Waals surface area contributed by atoms with Crippen LogP contribution in [0.1, 0.15) is 18.4 Å². The SMILES string of the molecule is O=C(O)C(NCc1ccccc1)C1CCOCC1. The summed E-state index contributed by atoms with van der Waals surface area (Å²) in [6.45, 7) is 1.93.